The number of aryl methyl sites for hydroxylation is 2. The van der Waals surface area contributed by atoms with E-state index in [2.05, 4.69) is 15.4 Å². The first-order valence-corrected chi connectivity index (χ1v) is 20.9. The molecule has 2 N–H and O–H groups in total. The summed E-state index contributed by atoms with van der Waals surface area (Å²) in [5.41, 5.74) is 4.41. The predicted octanol–water partition coefficient (Wildman–Crippen LogP) is 6.20. The fourth-order valence-electron chi connectivity index (χ4n) is 8.69. The van der Waals surface area contributed by atoms with Crippen molar-refractivity contribution in [2.24, 2.45) is 7.05 Å². The van der Waals surface area contributed by atoms with Crippen molar-refractivity contribution >= 4 is 46.3 Å². The Bertz CT molecular complexity index is 2370. The van der Waals surface area contributed by atoms with Crippen molar-refractivity contribution in [3.8, 4) is 11.1 Å². The van der Waals surface area contributed by atoms with Crippen molar-refractivity contribution in [2.45, 2.75) is 102 Å². The van der Waals surface area contributed by atoms with Gasteiger partial charge in [-0.05, 0) is 80.5 Å². The zero-order chi connectivity index (χ0) is 43.4. The number of fused-ring (bicyclic) bond motifs is 2. The maximum absolute atomic E-state index is 13.3. The number of likely N-dealkylation sites (tertiary alicyclic amines) is 1. The molecule has 4 aromatic rings. The molecule has 5 heterocycles. The number of anilines is 1. The van der Waals surface area contributed by atoms with E-state index >= 15 is 0 Å². The maximum Gasteiger partial charge on any atom is 0.522 e. The van der Waals surface area contributed by atoms with E-state index in [1.807, 2.05) is 23.1 Å². The van der Waals surface area contributed by atoms with Crippen LogP contribution in [0, 0.1) is 6.92 Å². The lowest BCUT2D eigenvalue weighted by atomic mass is 9.95. The van der Waals surface area contributed by atoms with Crippen LogP contribution in [0.15, 0.2) is 53.5 Å². The average Bonchev–Trinajstić information content (AvgIpc) is 3.71. The number of alkyl halides is 3. The second-order valence-corrected chi connectivity index (χ2v) is 16.1. The van der Waals surface area contributed by atoms with Gasteiger partial charge in [0, 0.05) is 69.4 Å². The Kier molecular flexibility index (Phi) is 13.1. The zero-order valence-electron chi connectivity index (χ0n) is 34.3. The summed E-state index contributed by atoms with van der Waals surface area (Å²) in [6, 6.07) is 11.4. The number of carbonyl (C=O) groups excluding carboxylic acids is 5. The lowest BCUT2D eigenvalue weighted by Gasteiger charge is -2.32. The first-order valence-electron chi connectivity index (χ1n) is 20.9. The van der Waals surface area contributed by atoms with Gasteiger partial charge < -0.3 is 19.4 Å². The molecule has 14 nitrogen and oxygen atoms in total. The van der Waals surface area contributed by atoms with E-state index in [9.17, 15) is 41.9 Å². The van der Waals surface area contributed by atoms with Crippen LogP contribution in [0.5, 0.6) is 0 Å². The Morgan fingerprint density at radius 3 is 2.38 bits per heavy atom. The van der Waals surface area contributed by atoms with Gasteiger partial charge in [0.25, 0.3) is 17.4 Å². The van der Waals surface area contributed by atoms with Gasteiger partial charge in [0.1, 0.15) is 11.9 Å². The van der Waals surface area contributed by atoms with Gasteiger partial charge in [0.2, 0.25) is 17.7 Å². The molecule has 0 radical (unpaired) electrons. The molecular formula is C44H50F3N7O7. The number of carbonyl (C=O) groups is 5. The number of unbranched alkanes of at least 4 members (excludes halogenated alkanes) is 5. The van der Waals surface area contributed by atoms with E-state index < -0.39 is 42.6 Å². The predicted molar refractivity (Wildman–Crippen MR) is 220 cm³/mol. The molecule has 3 aliphatic rings. The van der Waals surface area contributed by atoms with Crippen LogP contribution in [0.3, 0.4) is 0 Å². The number of piperidine rings is 2. The molecule has 1 atom stereocenters. The third-order valence-corrected chi connectivity index (χ3v) is 11.9. The van der Waals surface area contributed by atoms with Gasteiger partial charge in [-0.15, -0.1) is 13.2 Å². The summed E-state index contributed by atoms with van der Waals surface area (Å²) in [6.45, 7) is 2.75. The second kappa shape index (κ2) is 18.4. The molecule has 5 amide bonds. The van der Waals surface area contributed by atoms with Crippen LogP contribution >= 0.6 is 0 Å². The number of rotatable bonds is 16. The van der Waals surface area contributed by atoms with Crippen LogP contribution in [0.1, 0.15) is 109 Å². The number of nitrogens with one attached hydrogen (secondary N) is 2. The highest BCUT2D eigenvalue weighted by Crippen LogP contribution is 2.34. The maximum atomic E-state index is 13.3. The standard InChI is InChI=1S/C44H50F3N7O7/c1-27-24-30(26-51(2)41(27)58)29-13-14-32-35(25-29)53(22-23-61-44(45,46)47)39(49-32)28-17-20-52(21-18-28)37(56)12-7-5-3-4-6-8-19-48-33-11-9-10-31-38(33)43(60)54(42(31)59)34-15-16-36(55)50-40(34)57/h9-11,13-14,24-26,28,34,48H,3-8,12,15-23H2,1-2H3,(H,50,55,57). The van der Waals surface area contributed by atoms with E-state index in [1.54, 1.807) is 49.0 Å². The molecule has 61 heavy (non-hydrogen) atoms. The minimum atomic E-state index is -4.76. The van der Waals surface area contributed by atoms with E-state index in [0.717, 1.165) is 54.6 Å². The second-order valence-electron chi connectivity index (χ2n) is 16.1. The lowest BCUT2D eigenvalue weighted by Crippen LogP contribution is -2.54. The molecule has 0 spiro atoms. The number of pyridine rings is 1. The first kappa shape index (κ1) is 43.3. The van der Waals surface area contributed by atoms with Gasteiger partial charge in [0.15, 0.2) is 0 Å². The van der Waals surface area contributed by atoms with E-state index in [4.69, 9.17) is 4.98 Å². The molecular weight excluding hydrogens is 796 g/mol. The zero-order valence-corrected chi connectivity index (χ0v) is 34.3. The van der Waals surface area contributed by atoms with Gasteiger partial charge >= 0.3 is 6.36 Å². The molecule has 2 aromatic heterocycles. The molecule has 0 bridgehead atoms. The normalized spacial score (nSPS) is 17.4. The summed E-state index contributed by atoms with van der Waals surface area (Å²) in [4.78, 5) is 83.6. The van der Waals surface area contributed by atoms with Crippen molar-refractivity contribution in [1.29, 1.82) is 0 Å². The van der Waals surface area contributed by atoms with Crippen molar-refractivity contribution in [3.63, 3.8) is 0 Å². The molecule has 2 fully saturated rings. The van der Waals surface area contributed by atoms with Crippen LogP contribution < -0.4 is 16.2 Å². The van der Waals surface area contributed by atoms with Crippen molar-refractivity contribution < 1.29 is 41.9 Å². The number of aromatic nitrogens is 3. The Hall–Kier alpha value is -5.84. The highest BCUT2D eigenvalue weighted by Gasteiger charge is 2.45. The first-order chi connectivity index (χ1) is 29.2. The van der Waals surface area contributed by atoms with Crippen molar-refractivity contribution in [2.75, 3.05) is 31.6 Å². The minimum Gasteiger partial charge on any atom is -0.384 e. The number of imidazole rings is 1. The Morgan fingerprint density at radius 2 is 1.66 bits per heavy atom. The van der Waals surface area contributed by atoms with Crippen LogP contribution in [-0.2, 0) is 32.7 Å². The molecule has 17 heteroatoms. The third-order valence-electron chi connectivity index (χ3n) is 11.9. The van der Waals surface area contributed by atoms with Gasteiger partial charge in [-0.1, -0.05) is 37.8 Å². The number of benzene rings is 2. The fraction of sp³-hybridized carbons (Fsp3) is 0.477. The molecule has 3 aliphatic heterocycles. The molecule has 2 saturated heterocycles. The third kappa shape index (κ3) is 9.71. The molecule has 0 saturated carbocycles. The number of ether oxygens (including phenoxy) is 1. The Balaban J connectivity index is 0.850. The van der Waals surface area contributed by atoms with Crippen LogP contribution in [0.4, 0.5) is 18.9 Å². The number of imide groups is 2. The lowest BCUT2D eigenvalue weighted by molar-refractivity contribution is -0.325. The molecule has 7 rings (SSSR count). The van der Waals surface area contributed by atoms with Gasteiger partial charge in [-0.3, -0.25) is 43.7 Å². The highest BCUT2D eigenvalue weighted by molar-refractivity contribution is 6.25. The van der Waals surface area contributed by atoms with Gasteiger partial charge in [0.05, 0.1) is 28.8 Å². The number of nitrogens with zero attached hydrogens (tertiary/aromatic N) is 5. The summed E-state index contributed by atoms with van der Waals surface area (Å²) in [6.07, 6.45) is 4.18. The summed E-state index contributed by atoms with van der Waals surface area (Å²) >= 11 is 0. The van der Waals surface area contributed by atoms with Gasteiger partial charge in [-0.25, -0.2) is 4.98 Å². The largest absolute Gasteiger partial charge is 0.522 e. The molecule has 2 aromatic carbocycles. The Morgan fingerprint density at radius 1 is 0.918 bits per heavy atom. The number of hydrogen-bond acceptors (Lipinski definition) is 9. The summed E-state index contributed by atoms with van der Waals surface area (Å²) in [5.74, 6) is -1.45. The Labute approximate surface area is 350 Å². The molecule has 0 aliphatic carbocycles. The fourth-order valence-corrected chi connectivity index (χ4v) is 8.69. The van der Waals surface area contributed by atoms with Crippen molar-refractivity contribution in [3.05, 3.63) is 81.5 Å². The van der Waals surface area contributed by atoms with E-state index in [-0.39, 0.29) is 47.9 Å². The smallest absolute Gasteiger partial charge is 0.384 e. The summed E-state index contributed by atoms with van der Waals surface area (Å²) in [7, 11) is 1.67. The average molecular weight is 846 g/mol. The molecule has 324 valence electrons. The van der Waals surface area contributed by atoms with Crippen LogP contribution in [0.25, 0.3) is 22.2 Å². The number of amides is 5. The number of halogens is 3. The summed E-state index contributed by atoms with van der Waals surface area (Å²) in [5, 5.41) is 5.49. The summed E-state index contributed by atoms with van der Waals surface area (Å²) < 4.78 is 46.4. The minimum absolute atomic E-state index is 0.0538. The van der Waals surface area contributed by atoms with Crippen LogP contribution in [-0.4, -0.2) is 92.1 Å². The topological polar surface area (TPSA) is 165 Å². The SMILES string of the molecule is Cc1cc(-c2ccc3nc(C4CCN(C(=O)CCCCCCCCNc5cccc6c5C(=O)N(C5CCC(=O)NC5=O)C6=O)CC4)n(CCOC(F)(F)F)c3c2)cn(C)c1=O. The highest BCUT2D eigenvalue weighted by atomic mass is 19.4. The van der Waals surface area contributed by atoms with Crippen LogP contribution in [0.2, 0.25) is 0 Å². The van der Waals surface area contributed by atoms with E-state index in [0.29, 0.717) is 67.0 Å². The quantitative estimate of drug-likeness (QED) is 0.0988. The van der Waals surface area contributed by atoms with E-state index in [1.165, 1.54) is 4.57 Å². The van der Waals surface area contributed by atoms with Gasteiger partial charge in [-0.2, -0.15) is 0 Å². The number of hydrogen-bond donors (Lipinski definition) is 2. The monoisotopic (exact) mass is 845 g/mol. The van der Waals surface area contributed by atoms with Crippen molar-refractivity contribution in [1.82, 2.24) is 29.2 Å². The molecule has 1 unspecified atom stereocenters.